The van der Waals surface area contributed by atoms with Gasteiger partial charge in [-0.2, -0.15) is 36.4 Å². The Kier molecular flexibility index (Phi) is 79.1. The molecule has 0 fully saturated rings. The van der Waals surface area contributed by atoms with Crippen molar-refractivity contribution < 1.29 is 37.5 Å². The van der Waals surface area contributed by atoms with Crippen LogP contribution < -0.4 is 0 Å². The van der Waals surface area contributed by atoms with E-state index < -0.39 is 0 Å². The molecule has 0 N–H and O–H groups in total. The number of benzene rings is 1. The molecule has 0 unspecified atom stereocenters. The van der Waals surface area contributed by atoms with Gasteiger partial charge < -0.3 is 11.7 Å². The maximum absolute atomic E-state index is 9.33. The van der Waals surface area contributed by atoms with Crippen LogP contribution in [0.4, 0.5) is 0 Å². The quantitative estimate of drug-likeness (QED) is 0.618. The zero-order chi connectivity index (χ0) is 13.8. The fourth-order valence-corrected chi connectivity index (χ4v) is 0.342. The Hall–Kier alpha value is -0.136. The Balaban J connectivity index is -0.0000000390. The first-order chi connectivity index (χ1) is 7.73. The fourth-order valence-electron chi connectivity index (χ4n) is 0.342. The zero-order valence-electron chi connectivity index (χ0n) is 12.6. The molecule has 1 nitrogen and oxygen atoms in total. The smallest absolute Gasteiger partial charge is 0 e. The third-order valence-electron chi connectivity index (χ3n) is 0.607. The Morgan fingerprint density at radius 2 is 1.12 bits per heavy atom. The van der Waals surface area contributed by atoms with Gasteiger partial charge in [0.1, 0.15) is 0 Å². The Morgan fingerprint density at radius 1 is 0.882 bits per heavy atom. The van der Waals surface area contributed by atoms with Crippen LogP contribution in [0.1, 0.15) is 48.5 Å². The van der Waals surface area contributed by atoms with Crippen molar-refractivity contribution in [1.82, 2.24) is 0 Å². The second kappa shape index (κ2) is 44.6. The SMILES string of the molecule is CC.CC.CC.[CH2-]C(C)=O.[Y].[c-]1ccccc1. The molecule has 1 aromatic rings. The van der Waals surface area contributed by atoms with Gasteiger partial charge >= 0.3 is 0 Å². The molecule has 1 rings (SSSR count). The summed E-state index contributed by atoms with van der Waals surface area (Å²) in [7, 11) is 0. The third kappa shape index (κ3) is 88.7. The van der Waals surface area contributed by atoms with Crippen LogP contribution in [0.3, 0.4) is 0 Å². The molecule has 0 saturated carbocycles. The Morgan fingerprint density at radius 3 is 1.18 bits per heavy atom. The minimum absolute atomic E-state index is 0. The van der Waals surface area contributed by atoms with Crippen LogP contribution in [0.2, 0.25) is 0 Å². The van der Waals surface area contributed by atoms with Crippen molar-refractivity contribution in [3.05, 3.63) is 43.3 Å². The number of rotatable bonds is 0. The number of carbonyl (C=O) groups is 1. The van der Waals surface area contributed by atoms with Crippen LogP contribution in [0, 0.1) is 13.0 Å². The van der Waals surface area contributed by atoms with Crippen molar-refractivity contribution in [3.8, 4) is 0 Å². The minimum atomic E-state index is -0.0833. The van der Waals surface area contributed by atoms with E-state index in [1.165, 1.54) is 6.92 Å². The zero-order valence-corrected chi connectivity index (χ0v) is 15.4. The summed E-state index contributed by atoms with van der Waals surface area (Å²) >= 11 is 0. The van der Waals surface area contributed by atoms with E-state index in [9.17, 15) is 4.79 Å². The number of carbonyl (C=O) groups excluding carboxylic acids is 1. The van der Waals surface area contributed by atoms with Gasteiger partial charge in [-0.3, -0.25) is 0 Å². The summed E-state index contributed by atoms with van der Waals surface area (Å²) in [6.45, 7) is 16.4. The molecular formula is C15H28OY-2. The molecule has 0 saturated heterocycles. The van der Waals surface area contributed by atoms with Crippen LogP contribution in [-0.4, -0.2) is 5.78 Å². The maximum Gasteiger partial charge on any atom is 0 e. The molecule has 1 radical (unpaired) electrons. The summed E-state index contributed by atoms with van der Waals surface area (Å²) in [6.07, 6.45) is 0. The van der Waals surface area contributed by atoms with Crippen LogP contribution in [-0.2, 0) is 37.5 Å². The van der Waals surface area contributed by atoms with Gasteiger partial charge in [-0.1, -0.05) is 41.5 Å². The number of Topliss-reactive ketones (excluding diaryl/α,β-unsaturated/α-hetero) is 1. The molecule has 0 atom stereocenters. The standard InChI is InChI=1S/C6H5.C3H5O.3C2H6.Y/c1-2-4-6-5-3-1;1-3(2)4;3*1-2;/h1-5H;1H2,2H3;3*1-2H3;/q2*-1;;;;. The van der Waals surface area contributed by atoms with Gasteiger partial charge in [-0.15, -0.1) is 0 Å². The first-order valence-corrected chi connectivity index (χ1v) is 5.97. The third-order valence-corrected chi connectivity index (χ3v) is 0.607. The normalized spacial score (nSPS) is 5.35. The Labute approximate surface area is 134 Å². The van der Waals surface area contributed by atoms with Gasteiger partial charge in [0.15, 0.2) is 0 Å². The van der Waals surface area contributed by atoms with E-state index in [1.807, 2.05) is 71.9 Å². The van der Waals surface area contributed by atoms with Gasteiger partial charge in [-0.25, -0.2) is 0 Å². The van der Waals surface area contributed by atoms with Gasteiger partial charge in [0.05, 0.1) is 0 Å². The number of hydrogen-bond acceptors (Lipinski definition) is 1. The molecular weight excluding hydrogens is 285 g/mol. The largest absolute Gasteiger partial charge is 0.340 e. The van der Waals surface area contributed by atoms with Gasteiger partial charge in [0, 0.05) is 32.7 Å². The average Bonchev–Trinajstić information content (AvgIpc) is 2.38. The summed E-state index contributed by atoms with van der Waals surface area (Å²) in [5.41, 5.74) is 0. The van der Waals surface area contributed by atoms with E-state index >= 15 is 0 Å². The number of ketones is 1. The summed E-state index contributed by atoms with van der Waals surface area (Å²) in [6, 6.07) is 12.5. The van der Waals surface area contributed by atoms with Gasteiger partial charge in [-0.05, 0) is 12.7 Å². The van der Waals surface area contributed by atoms with Crippen molar-refractivity contribution in [1.29, 1.82) is 0 Å². The summed E-state index contributed by atoms with van der Waals surface area (Å²) in [4.78, 5) is 9.33. The van der Waals surface area contributed by atoms with Crippen molar-refractivity contribution in [3.63, 3.8) is 0 Å². The maximum atomic E-state index is 9.33. The molecule has 0 amide bonds. The van der Waals surface area contributed by atoms with Crippen molar-refractivity contribution in [2.75, 3.05) is 0 Å². The van der Waals surface area contributed by atoms with Crippen LogP contribution >= 0.6 is 0 Å². The second-order valence-electron chi connectivity index (χ2n) is 1.78. The number of hydrogen-bond donors (Lipinski definition) is 0. The van der Waals surface area contributed by atoms with E-state index in [4.69, 9.17) is 0 Å². The van der Waals surface area contributed by atoms with Crippen LogP contribution in [0.25, 0.3) is 0 Å². The average molecular weight is 313 g/mol. The monoisotopic (exact) mass is 313 g/mol. The predicted octanol–water partition coefficient (Wildman–Crippen LogP) is 4.97. The molecule has 17 heavy (non-hydrogen) atoms. The van der Waals surface area contributed by atoms with Crippen molar-refractivity contribution in [2.24, 2.45) is 0 Å². The van der Waals surface area contributed by atoms with Gasteiger partial charge in [0.2, 0.25) is 0 Å². The fraction of sp³-hybridized carbons (Fsp3) is 0.467. The molecule has 99 valence electrons. The molecule has 0 aromatic heterocycles. The van der Waals surface area contributed by atoms with E-state index in [0.29, 0.717) is 0 Å². The van der Waals surface area contributed by atoms with E-state index in [0.717, 1.165) is 0 Å². The predicted molar refractivity (Wildman–Crippen MR) is 75.4 cm³/mol. The van der Waals surface area contributed by atoms with Crippen molar-refractivity contribution in [2.45, 2.75) is 48.5 Å². The molecule has 0 heterocycles. The molecule has 1 aromatic carbocycles. The molecule has 0 bridgehead atoms. The summed E-state index contributed by atoms with van der Waals surface area (Å²) < 4.78 is 0. The summed E-state index contributed by atoms with van der Waals surface area (Å²) in [5, 5.41) is 0. The van der Waals surface area contributed by atoms with E-state index in [1.54, 1.807) is 0 Å². The first kappa shape index (κ1) is 30.2. The summed E-state index contributed by atoms with van der Waals surface area (Å²) in [5.74, 6) is -0.0833. The molecule has 0 spiro atoms. The minimum Gasteiger partial charge on any atom is -0.340 e. The van der Waals surface area contributed by atoms with E-state index in [-0.39, 0.29) is 38.5 Å². The van der Waals surface area contributed by atoms with E-state index in [2.05, 4.69) is 13.0 Å². The first-order valence-electron chi connectivity index (χ1n) is 5.97. The van der Waals surface area contributed by atoms with Gasteiger partial charge in [0.25, 0.3) is 0 Å². The molecule has 0 aliphatic carbocycles. The van der Waals surface area contributed by atoms with Crippen LogP contribution in [0.15, 0.2) is 30.3 Å². The topological polar surface area (TPSA) is 17.1 Å². The molecule has 0 aliphatic rings. The molecule has 2 heteroatoms. The second-order valence-corrected chi connectivity index (χ2v) is 1.78. The Bertz CT molecular complexity index is 143. The molecule has 0 aliphatic heterocycles. The van der Waals surface area contributed by atoms with Crippen molar-refractivity contribution >= 4 is 5.78 Å². The van der Waals surface area contributed by atoms with Crippen LogP contribution in [0.5, 0.6) is 0 Å².